The topological polar surface area (TPSA) is 75.0 Å². The van der Waals surface area contributed by atoms with E-state index in [4.69, 9.17) is 5.73 Å². The Labute approximate surface area is 169 Å². The van der Waals surface area contributed by atoms with E-state index in [0.29, 0.717) is 18.0 Å². The Balaban J connectivity index is 1.74. The zero-order chi connectivity index (χ0) is 18.8. The smallest absolute Gasteiger partial charge is 0.268 e. The number of nitrogens with two attached hydrogens (primary N) is 1. The summed E-state index contributed by atoms with van der Waals surface area (Å²) >= 11 is 5.09. The molecule has 3 N–H and O–H groups in total. The molecular weight excluding hydrogens is 424 g/mol. The van der Waals surface area contributed by atoms with Crippen molar-refractivity contribution < 1.29 is 4.79 Å². The fourth-order valence-electron chi connectivity index (χ4n) is 3.03. The molecule has 3 aromatic heterocycles. The molecule has 5 nitrogen and oxygen atoms in total. The molecule has 0 aliphatic heterocycles. The number of aromatic nitrogens is 2. The van der Waals surface area contributed by atoms with Crippen LogP contribution in [0.25, 0.3) is 21.5 Å². The molecule has 4 aromatic rings. The van der Waals surface area contributed by atoms with Crippen molar-refractivity contribution in [1.29, 1.82) is 0 Å². The summed E-state index contributed by atoms with van der Waals surface area (Å²) in [5.41, 5.74) is 8.46. The number of nitrogens with one attached hydrogen (secondary N) is 1. The van der Waals surface area contributed by atoms with Crippen molar-refractivity contribution in [2.45, 2.75) is 0 Å². The SMILES string of the molecule is NCCN(C(=O)c1cc(Br)c(-c2ccnc3[nH]ccc23)s1)c1ccccc1. The lowest BCUT2D eigenvalue weighted by Gasteiger charge is -2.21. The molecule has 1 amide bonds. The van der Waals surface area contributed by atoms with Gasteiger partial charge in [-0.3, -0.25) is 4.79 Å². The summed E-state index contributed by atoms with van der Waals surface area (Å²) in [6.07, 6.45) is 3.64. The number of para-hydroxylation sites is 1. The summed E-state index contributed by atoms with van der Waals surface area (Å²) in [6.45, 7) is 0.860. The summed E-state index contributed by atoms with van der Waals surface area (Å²) in [6, 6.07) is 15.5. The first-order valence-corrected chi connectivity index (χ1v) is 10.1. The molecule has 0 saturated carbocycles. The van der Waals surface area contributed by atoms with E-state index in [1.54, 1.807) is 11.1 Å². The molecule has 3 heterocycles. The molecule has 0 aliphatic rings. The Morgan fingerprint density at radius 1 is 1.22 bits per heavy atom. The first-order chi connectivity index (χ1) is 13.2. The maximum absolute atomic E-state index is 13.2. The molecule has 0 atom stereocenters. The number of nitrogens with zero attached hydrogens (tertiary/aromatic N) is 2. The number of benzene rings is 1. The van der Waals surface area contributed by atoms with Gasteiger partial charge in [-0.15, -0.1) is 11.3 Å². The van der Waals surface area contributed by atoms with E-state index < -0.39 is 0 Å². The minimum atomic E-state index is -0.0528. The van der Waals surface area contributed by atoms with Crippen molar-refractivity contribution in [3.63, 3.8) is 0 Å². The fraction of sp³-hybridized carbons (Fsp3) is 0.100. The van der Waals surface area contributed by atoms with Crippen molar-refractivity contribution in [3.05, 3.63) is 70.3 Å². The van der Waals surface area contributed by atoms with Gasteiger partial charge in [0.15, 0.2) is 0 Å². The molecule has 1 aromatic carbocycles. The molecule has 0 fully saturated rings. The van der Waals surface area contributed by atoms with Gasteiger partial charge in [-0.25, -0.2) is 4.98 Å². The molecule has 0 radical (unpaired) electrons. The minimum Gasteiger partial charge on any atom is -0.346 e. The van der Waals surface area contributed by atoms with Crippen LogP contribution in [-0.4, -0.2) is 29.0 Å². The Bertz CT molecular complexity index is 1090. The first kappa shape index (κ1) is 17.9. The van der Waals surface area contributed by atoms with Crippen molar-refractivity contribution in [2.75, 3.05) is 18.0 Å². The lowest BCUT2D eigenvalue weighted by Crippen LogP contribution is -2.34. The average Bonchev–Trinajstić information content (AvgIpc) is 3.32. The van der Waals surface area contributed by atoms with Gasteiger partial charge in [0.25, 0.3) is 5.91 Å². The highest BCUT2D eigenvalue weighted by molar-refractivity contribution is 9.10. The number of aromatic amines is 1. The number of rotatable bonds is 5. The maximum atomic E-state index is 13.2. The van der Waals surface area contributed by atoms with E-state index >= 15 is 0 Å². The van der Waals surface area contributed by atoms with Crippen LogP contribution < -0.4 is 10.6 Å². The summed E-state index contributed by atoms with van der Waals surface area (Å²) < 4.78 is 0.894. The van der Waals surface area contributed by atoms with E-state index in [9.17, 15) is 4.79 Å². The second-order valence-corrected chi connectivity index (χ2v) is 7.87. The van der Waals surface area contributed by atoms with Gasteiger partial charge in [-0.2, -0.15) is 0 Å². The number of fused-ring (bicyclic) bond motifs is 1. The van der Waals surface area contributed by atoms with Gasteiger partial charge in [0.2, 0.25) is 0 Å². The molecule has 0 saturated heterocycles. The zero-order valence-electron chi connectivity index (χ0n) is 14.4. The number of H-pyrrole nitrogens is 1. The summed E-state index contributed by atoms with van der Waals surface area (Å²) in [5, 5.41) is 1.03. The predicted molar refractivity (Wildman–Crippen MR) is 114 cm³/mol. The van der Waals surface area contributed by atoms with Gasteiger partial charge in [-0.1, -0.05) is 18.2 Å². The summed E-state index contributed by atoms with van der Waals surface area (Å²) in [7, 11) is 0. The molecule has 0 aliphatic carbocycles. The molecule has 27 heavy (non-hydrogen) atoms. The Morgan fingerprint density at radius 2 is 2.04 bits per heavy atom. The number of hydrogen-bond donors (Lipinski definition) is 2. The zero-order valence-corrected chi connectivity index (χ0v) is 16.8. The number of hydrogen-bond acceptors (Lipinski definition) is 4. The van der Waals surface area contributed by atoms with Gasteiger partial charge in [0.05, 0.1) is 9.75 Å². The quantitative estimate of drug-likeness (QED) is 0.473. The van der Waals surface area contributed by atoms with Crippen LogP contribution in [0, 0.1) is 0 Å². The van der Waals surface area contributed by atoms with Crippen LogP contribution in [0.1, 0.15) is 9.67 Å². The Morgan fingerprint density at radius 3 is 2.81 bits per heavy atom. The highest BCUT2D eigenvalue weighted by atomic mass is 79.9. The molecule has 7 heteroatoms. The largest absolute Gasteiger partial charge is 0.346 e. The van der Waals surface area contributed by atoms with Gasteiger partial charge >= 0.3 is 0 Å². The standard InChI is InChI=1S/C20H17BrN4OS/c21-16-12-17(20(26)25(11-8-22)13-4-2-1-3-5-13)27-18(16)14-6-9-23-19-15(14)7-10-24-19/h1-7,9-10,12H,8,11,22H2,(H,23,24). The van der Waals surface area contributed by atoms with Crippen LogP contribution in [0.2, 0.25) is 0 Å². The normalized spacial score (nSPS) is 11.0. The van der Waals surface area contributed by atoms with E-state index in [1.165, 1.54) is 11.3 Å². The predicted octanol–water partition coefficient (Wildman–Crippen LogP) is 4.66. The number of amides is 1. The van der Waals surface area contributed by atoms with E-state index in [2.05, 4.69) is 25.9 Å². The third kappa shape index (κ3) is 3.41. The van der Waals surface area contributed by atoms with Crippen molar-refractivity contribution in [3.8, 4) is 10.4 Å². The van der Waals surface area contributed by atoms with Gasteiger partial charge < -0.3 is 15.6 Å². The van der Waals surface area contributed by atoms with Crippen molar-refractivity contribution >= 4 is 49.9 Å². The number of halogens is 1. The third-order valence-electron chi connectivity index (χ3n) is 4.27. The van der Waals surface area contributed by atoms with Gasteiger partial charge in [0.1, 0.15) is 5.65 Å². The maximum Gasteiger partial charge on any atom is 0.268 e. The van der Waals surface area contributed by atoms with E-state index in [-0.39, 0.29) is 5.91 Å². The van der Waals surface area contributed by atoms with E-state index in [0.717, 1.165) is 31.6 Å². The van der Waals surface area contributed by atoms with E-state index in [1.807, 2.05) is 54.7 Å². The number of carbonyl (C=O) groups is 1. The minimum absolute atomic E-state index is 0.0528. The Kier molecular flexibility index (Phi) is 5.07. The number of thiophene rings is 1. The first-order valence-electron chi connectivity index (χ1n) is 8.48. The van der Waals surface area contributed by atoms with Crippen LogP contribution >= 0.6 is 27.3 Å². The fourth-order valence-corrected chi connectivity index (χ4v) is 4.91. The van der Waals surface area contributed by atoms with Gasteiger partial charge in [-0.05, 0) is 46.3 Å². The molecule has 4 rings (SSSR count). The molecule has 0 bridgehead atoms. The monoisotopic (exact) mass is 440 g/mol. The highest BCUT2D eigenvalue weighted by Gasteiger charge is 2.22. The average molecular weight is 441 g/mol. The molecule has 0 spiro atoms. The van der Waals surface area contributed by atoms with Crippen LogP contribution in [0.3, 0.4) is 0 Å². The lowest BCUT2D eigenvalue weighted by molar-refractivity contribution is 0.0991. The summed E-state index contributed by atoms with van der Waals surface area (Å²) in [5.74, 6) is -0.0528. The van der Waals surface area contributed by atoms with Crippen LogP contribution in [-0.2, 0) is 0 Å². The number of carbonyl (C=O) groups excluding carboxylic acids is 1. The number of pyridine rings is 1. The Hall–Kier alpha value is -2.48. The third-order valence-corrected chi connectivity index (χ3v) is 6.31. The summed E-state index contributed by atoms with van der Waals surface area (Å²) in [4.78, 5) is 24.0. The second kappa shape index (κ2) is 7.64. The van der Waals surface area contributed by atoms with Crippen molar-refractivity contribution in [1.82, 2.24) is 9.97 Å². The molecule has 0 unspecified atom stereocenters. The van der Waals surface area contributed by atoms with Crippen LogP contribution in [0.4, 0.5) is 5.69 Å². The lowest BCUT2D eigenvalue weighted by atomic mass is 10.1. The van der Waals surface area contributed by atoms with Crippen LogP contribution in [0.15, 0.2) is 65.4 Å². The van der Waals surface area contributed by atoms with Crippen molar-refractivity contribution in [2.24, 2.45) is 5.73 Å². The highest BCUT2D eigenvalue weighted by Crippen LogP contribution is 2.40. The van der Waals surface area contributed by atoms with Crippen LogP contribution in [0.5, 0.6) is 0 Å². The molecule has 136 valence electrons. The second-order valence-electron chi connectivity index (χ2n) is 5.97. The van der Waals surface area contributed by atoms with Gasteiger partial charge in [0, 0.05) is 46.6 Å². The molecular formula is C20H17BrN4OS. The number of anilines is 1.